The molecule has 0 spiro atoms. The lowest BCUT2D eigenvalue weighted by atomic mass is 10.2. The summed E-state index contributed by atoms with van der Waals surface area (Å²) in [7, 11) is 0. The highest BCUT2D eigenvalue weighted by molar-refractivity contribution is 5.76. The van der Waals surface area contributed by atoms with Crippen LogP contribution in [0, 0.1) is 0 Å². The van der Waals surface area contributed by atoms with E-state index in [4.69, 9.17) is 10.8 Å². The molecule has 2 rings (SSSR count). The molecule has 1 unspecified atom stereocenters. The van der Waals surface area contributed by atoms with Gasteiger partial charge in [-0.2, -0.15) is 0 Å². The van der Waals surface area contributed by atoms with E-state index < -0.39 is 5.97 Å². The molecule has 1 heterocycles. The monoisotopic (exact) mass is 233 g/mol. The molecule has 1 aromatic heterocycles. The minimum atomic E-state index is -0.821. The summed E-state index contributed by atoms with van der Waals surface area (Å²) in [6.45, 7) is 2.17. The van der Waals surface area contributed by atoms with Crippen LogP contribution in [0.3, 0.4) is 0 Å². The predicted octanol–water partition coefficient (Wildman–Crippen LogP) is 1.53. The summed E-state index contributed by atoms with van der Waals surface area (Å²) >= 11 is 0. The maximum atomic E-state index is 10.8. The van der Waals surface area contributed by atoms with Gasteiger partial charge in [0.15, 0.2) is 0 Å². The Morgan fingerprint density at radius 2 is 2.24 bits per heavy atom. The second kappa shape index (κ2) is 4.55. The van der Waals surface area contributed by atoms with Gasteiger partial charge in [-0.25, -0.2) is 4.98 Å². The van der Waals surface area contributed by atoms with Gasteiger partial charge in [-0.05, 0) is 19.1 Å². The number of aromatic nitrogens is 2. The normalized spacial score (nSPS) is 12.8. The van der Waals surface area contributed by atoms with Gasteiger partial charge in [-0.3, -0.25) is 4.79 Å². The van der Waals surface area contributed by atoms with Crippen LogP contribution in [-0.4, -0.2) is 20.6 Å². The van der Waals surface area contributed by atoms with E-state index in [2.05, 4.69) is 4.98 Å². The molecule has 3 N–H and O–H groups in total. The Labute approximate surface area is 98.9 Å². The van der Waals surface area contributed by atoms with Crippen LogP contribution >= 0.6 is 0 Å². The number of imidazole rings is 1. The average molecular weight is 233 g/mol. The van der Waals surface area contributed by atoms with Crippen molar-refractivity contribution in [3.8, 4) is 0 Å². The summed E-state index contributed by atoms with van der Waals surface area (Å²) in [5.74, 6) is -0.0989. The summed E-state index contributed by atoms with van der Waals surface area (Å²) < 4.78 is 1.91. The van der Waals surface area contributed by atoms with E-state index >= 15 is 0 Å². The largest absolute Gasteiger partial charge is 0.481 e. The molecule has 0 bridgehead atoms. The van der Waals surface area contributed by atoms with Gasteiger partial charge >= 0.3 is 5.97 Å². The number of aliphatic carboxylic acids is 1. The van der Waals surface area contributed by atoms with Crippen LogP contribution in [-0.2, 0) is 11.3 Å². The third kappa shape index (κ3) is 2.14. The Balaban J connectivity index is 2.53. The Hall–Kier alpha value is -1.88. The number of fused-ring (bicyclic) bond motifs is 1. The van der Waals surface area contributed by atoms with E-state index in [0.29, 0.717) is 6.54 Å². The molecule has 0 aliphatic rings. The quantitative estimate of drug-likeness (QED) is 0.839. The number of rotatable bonds is 4. The van der Waals surface area contributed by atoms with Gasteiger partial charge in [0.1, 0.15) is 5.82 Å². The van der Waals surface area contributed by atoms with Crippen molar-refractivity contribution in [2.45, 2.75) is 25.9 Å². The Morgan fingerprint density at radius 1 is 1.53 bits per heavy atom. The molecular weight excluding hydrogens is 218 g/mol. The number of nitrogens with zero attached hydrogens (tertiary/aromatic N) is 2. The zero-order chi connectivity index (χ0) is 12.4. The lowest BCUT2D eigenvalue weighted by Gasteiger charge is -2.14. The molecular formula is C12H15N3O2. The number of nitrogens with two attached hydrogens (primary N) is 1. The van der Waals surface area contributed by atoms with Gasteiger partial charge in [0.2, 0.25) is 0 Å². The van der Waals surface area contributed by atoms with Crippen LogP contribution < -0.4 is 5.73 Å². The van der Waals surface area contributed by atoms with Gasteiger partial charge in [0, 0.05) is 6.04 Å². The molecule has 90 valence electrons. The van der Waals surface area contributed by atoms with Crippen molar-refractivity contribution >= 4 is 17.0 Å². The number of benzene rings is 1. The fourth-order valence-electron chi connectivity index (χ4n) is 2.07. The second-order valence-electron chi connectivity index (χ2n) is 4.04. The van der Waals surface area contributed by atoms with Crippen LogP contribution in [0.1, 0.15) is 25.2 Å². The minimum Gasteiger partial charge on any atom is -0.481 e. The van der Waals surface area contributed by atoms with Crippen molar-refractivity contribution in [1.82, 2.24) is 9.55 Å². The molecule has 0 fully saturated rings. The number of carbonyl (C=O) groups is 1. The smallest absolute Gasteiger partial charge is 0.305 e. The first-order valence-electron chi connectivity index (χ1n) is 5.51. The highest BCUT2D eigenvalue weighted by atomic mass is 16.4. The van der Waals surface area contributed by atoms with E-state index in [1.54, 1.807) is 0 Å². The van der Waals surface area contributed by atoms with Gasteiger partial charge in [0.25, 0.3) is 0 Å². The number of carboxylic acid groups (broad SMARTS) is 1. The Kier molecular flexibility index (Phi) is 3.10. The molecule has 0 aliphatic heterocycles. The van der Waals surface area contributed by atoms with E-state index in [1.165, 1.54) is 0 Å². The first-order chi connectivity index (χ1) is 8.13. The Bertz CT molecular complexity index is 548. The average Bonchev–Trinajstić information content (AvgIpc) is 2.66. The summed E-state index contributed by atoms with van der Waals surface area (Å²) in [6, 6.07) is 7.49. The van der Waals surface area contributed by atoms with Crippen molar-refractivity contribution in [3.63, 3.8) is 0 Å². The molecule has 0 saturated heterocycles. The molecule has 0 saturated carbocycles. The molecule has 1 aromatic carbocycles. The van der Waals surface area contributed by atoms with E-state index in [-0.39, 0.29) is 12.5 Å². The van der Waals surface area contributed by atoms with Crippen LogP contribution in [0.25, 0.3) is 11.0 Å². The van der Waals surface area contributed by atoms with Crippen molar-refractivity contribution in [1.29, 1.82) is 0 Å². The maximum absolute atomic E-state index is 10.8. The summed E-state index contributed by atoms with van der Waals surface area (Å²) in [5.41, 5.74) is 7.44. The standard InChI is InChI=1S/C12H15N3O2/c1-8(6-12(16)17)15-10-5-3-2-4-9(10)14-11(15)7-13/h2-5,8H,6-7,13H2,1H3,(H,16,17). The van der Waals surface area contributed by atoms with Crippen molar-refractivity contribution in [2.24, 2.45) is 5.73 Å². The first kappa shape index (κ1) is 11.6. The summed E-state index contributed by atoms with van der Waals surface area (Å²) in [6.07, 6.45) is 0.0629. The maximum Gasteiger partial charge on any atom is 0.305 e. The highest BCUT2D eigenvalue weighted by Crippen LogP contribution is 2.22. The van der Waals surface area contributed by atoms with E-state index in [0.717, 1.165) is 16.9 Å². The lowest BCUT2D eigenvalue weighted by molar-refractivity contribution is -0.137. The molecule has 0 radical (unpaired) electrons. The molecule has 5 nitrogen and oxygen atoms in total. The van der Waals surface area contributed by atoms with Gasteiger partial charge in [-0.15, -0.1) is 0 Å². The fourth-order valence-corrected chi connectivity index (χ4v) is 2.07. The third-order valence-corrected chi connectivity index (χ3v) is 2.76. The van der Waals surface area contributed by atoms with Crippen molar-refractivity contribution < 1.29 is 9.90 Å². The molecule has 0 amide bonds. The fraction of sp³-hybridized carbons (Fsp3) is 0.333. The van der Waals surface area contributed by atoms with Gasteiger partial charge in [0.05, 0.1) is 24.0 Å². The SMILES string of the molecule is CC(CC(=O)O)n1c(CN)nc2ccccc21. The molecule has 1 atom stereocenters. The molecule has 0 aliphatic carbocycles. The molecule has 17 heavy (non-hydrogen) atoms. The van der Waals surface area contributed by atoms with E-state index in [1.807, 2.05) is 35.8 Å². The lowest BCUT2D eigenvalue weighted by Crippen LogP contribution is -2.15. The van der Waals surface area contributed by atoms with Crippen LogP contribution in [0.2, 0.25) is 0 Å². The number of hydrogen-bond donors (Lipinski definition) is 2. The highest BCUT2D eigenvalue weighted by Gasteiger charge is 2.16. The molecule has 2 aromatic rings. The Morgan fingerprint density at radius 3 is 2.88 bits per heavy atom. The topological polar surface area (TPSA) is 81.1 Å². The summed E-state index contributed by atoms with van der Waals surface area (Å²) in [4.78, 5) is 15.2. The van der Waals surface area contributed by atoms with Crippen LogP contribution in [0.15, 0.2) is 24.3 Å². The number of hydrogen-bond acceptors (Lipinski definition) is 3. The van der Waals surface area contributed by atoms with Gasteiger partial charge in [-0.1, -0.05) is 12.1 Å². The van der Waals surface area contributed by atoms with E-state index in [9.17, 15) is 4.79 Å². The zero-order valence-electron chi connectivity index (χ0n) is 9.63. The minimum absolute atomic E-state index is 0.0629. The molecule has 5 heteroatoms. The van der Waals surface area contributed by atoms with Gasteiger partial charge < -0.3 is 15.4 Å². The number of carboxylic acids is 1. The number of para-hydroxylation sites is 2. The zero-order valence-corrected chi connectivity index (χ0v) is 9.63. The van der Waals surface area contributed by atoms with Crippen molar-refractivity contribution in [3.05, 3.63) is 30.1 Å². The second-order valence-corrected chi connectivity index (χ2v) is 4.04. The van der Waals surface area contributed by atoms with Crippen LogP contribution in [0.5, 0.6) is 0 Å². The van der Waals surface area contributed by atoms with Crippen LogP contribution in [0.4, 0.5) is 0 Å². The van der Waals surface area contributed by atoms with Crippen molar-refractivity contribution in [2.75, 3.05) is 0 Å². The third-order valence-electron chi connectivity index (χ3n) is 2.76. The summed E-state index contributed by atoms with van der Waals surface area (Å²) in [5, 5.41) is 8.85. The first-order valence-corrected chi connectivity index (χ1v) is 5.51. The predicted molar refractivity (Wildman–Crippen MR) is 64.6 cm³/mol.